The van der Waals surface area contributed by atoms with E-state index in [1.54, 1.807) is 22.7 Å². The second kappa shape index (κ2) is 7.97. The van der Waals surface area contributed by atoms with Crippen LogP contribution in [0.3, 0.4) is 0 Å². The summed E-state index contributed by atoms with van der Waals surface area (Å²) in [7, 11) is 0. The monoisotopic (exact) mass is 435 g/mol. The lowest BCUT2D eigenvalue weighted by molar-refractivity contribution is -0.136. The number of nitrogens with zero attached hydrogens (tertiary/aromatic N) is 5. The number of amides is 1. The van der Waals surface area contributed by atoms with Gasteiger partial charge in [-0.2, -0.15) is 18.3 Å². The van der Waals surface area contributed by atoms with Gasteiger partial charge in [0, 0.05) is 31.7 Å². The molecule has 3 aromatic heterocycles. The molecule has 1 amide bonds. The van der Waals surface area contributed by atoms with Gasteiger partial charge in [-0.15, -0.1) is 0 Å². The average Bonchev–Trinajstić information content (AvgIpc) is 3.29. The molecule has 0 radical (unpaired) electrons. The van der Waals surface area contributed by atoms with Crippen molar-refractivity contribution in [3.63, 3.8) is 0 Å². The molecule has 0 saturated carbocycles. The molecule has 4 heterocycles. The summed E-state index contributed by atoms with van der Waals surface area (Å²) in [5.41, 5.74) is 0.679. The highest BCUT2D eigenvalue weighted by Gasteiger charge is 2.37. The van der Waals surface area contributed by atoms with Crippen molar-refractivity contribution in [2.24, 2.45) is 0 Å². The van der Waals surface area contributed by atoms with E-state index in [0.29, 0.717) is 37.2 Å². The maximum atomic E-state index is 13.7. The zero-order valence-electron chi connectivity index (χ0n) is 17.7. The van der Waals surface area contributed by atoms with Crippen LogP contribution in [-0.2, 0) is 12.7 Å². The normalized spacial score (nSPS) is 17.5. The summed E-state index contributed by atoms with van der Waals surface area (Å²) >= 11 is 0. The topological polar surface area (TPSA) is 77.0 Å². The molecule has 166 valence electrons. The first kappa shape index (κ1) is 21.3. The number of carbonyl (C=O) groups is 1. The Labute approximate surface area is 177 Å². The van der Waals surface area contributed by atoms with Crippen LogP contribution in [0.4, 0.5) is 13.2 Å². The molecule has 0 N–H and O–H groups in total. The van der Waals surface area contributed by atoms with Crippen LogP contribution >= 0.6 is 0 Å². The first-order valence-corrected chi connectivity index (χ1v) is 10.4. The Morgan fingerprint density at radius 1 is 1.29 bits per heavy atom. The van der Waals surface area contributed by atoms with Gasteiger partial charge in [0.25, 0.3) is 11.6 Å². The van der Waals surface area contributed by atoms with Crippen molar-refractivity contribution in [1.29, 1.82) is 0 Å². The van der Waals surface area contributed by atoms with E-state index in [-0.39, 0.29) is 34.3 Å². The second-order valence-electron chi connectivity index (χ2n) is 8.02. The molecule has 3 aromatic rings. The quantitative estimate of drug-likeness (QED) is 0.604. The third-order valence-corrected chi connectivity index (χ3v) is 5.70. The number of halogens is 3. The Kier molecular flexibility index (Phi) is 5.49. The molecular formula is C21H24F3N5O2. The first-order valence-electron chi connectivity index (χ1n) is 10.4. The maximum absolute atomic E-state index is 13.7. The van der Waals surface area contributed by atoms with Crippen LogP contribution in [0.5, 0.6) is 0 Å². The van der Waals surface area contributed by atoms with Gasteiger partial charge >= 0.3 is 6.18 Å². The van der Waals surface area contributed by atoms with Gasteiger partial charge in [-0.3, -0.25) is 9.48 Å². The van der Waals surface area contributed by atoms with Crippen molar-refractivity contribution < 1.29 is 22.5 Å². The van der Waals surface area contributed by atoms with Crippen molar-refractivity contribution >= 4 is 17.0 Å². The lowest BCUT2D eigenvalue weighted by Crippen LogP contribution is -2.39. The predicted molar refractivity (Wildman–Crippen MR) is 107 cm³/mol. The number of hydrogen-bond donors (Lipinski definition) is 0. The molecule has 31 heavy (non-hydrogen) atoms. The van der Waals surface area contributed by atoms with Crippen molar-refractivity contribution in [3.8, 4) is 0 Å². The zero-order valence-corrected chi connectivity index (χ0v) is 17.7. The van der Waals surface area contributed by atoms with Crippen LogP contribution < -0.4 is 0 Å². The van der Waals surface area contributed by atoms with Gasteiger partial charge in [0.15, 0.2) is 0 Å². The third kappa shape index (κ3) is 4.03. The van der Waals surface area contributed by atoms with Gasteiger partial charge in [-0.05, 0) is 39.2 Å². The highest BCUT2D eigenvalue weighted by atomic mass is 19.4. The summed E-state index contributed by atoms with van der Waals surface area (Å²) in [6.07, 6.45) is -0.595. The maximum Gasteiger partial charge on any atom is 0.417 e. The van der Waals surface area contributed by atoms with Crippen LogP contribution in [0.25, 0.3) is 11.1 Å². The SMILES string of the molecule is CCCn1cc(C(=O)N2CCC[C@@H](c3cc(C(F)(F)F)c4c(C)noc4n3)C2)c(C)n1. The fraction of sp³-hybridized carbons (Fsp3) is 0.524. The van der Waals surface area contributed by atoms with E-state index < -0.39 is 11.7 Å². The smallest absolute Gasteiger partial charge is 0.338 e. The Morgan fingerprint density at radius 2 is 2.06 bits per heavy atom. The van der Waals surface area contributed by atoms with Crippen molar-refractivity contribution in [1.82, 2.24) is 24.8 Å². The van der Waals surface area contributed by atoms with Gasteiger partial charge < -0.3 is 9.42 Å². The number of carbonyl (C=O) groups excluding carboxylic acids is 1. The van der Waals surface area contributed by atoms with Crippen LogP contribution in [0.2, 0.25) is 0 Å². The van der Waals surface area contributed by atoms with Crippen LogP contribution in [-0.4, -0.2) is 43.8 Å². The summed E-state index contributed by atoms with van der Waals surface area (Å²) in [5, 5.41) is 7.92. The van der Waals surface area contributed by atoms with Gasteiger partial charge in [0.1, 0.15) is 0 Å². The minimum atomic E-state index is -4.55. The lowest BCUT2D eigenvalue weighted by atomic mass is 9.92. The Hall–Kier alpha value is -2.91. The molecule has 0 spiro atoms. The van der Waals surface area contributed by atoms with Crippen molar-refractivity contribution in [2.45, 2.75) is 58.7 Å². The highest BCUT2D eigenvalue weighted by Crippen LogP contribution is 2.38. The van der Waals surface area contributed by atoms with Crippen molar-refractivity contribution in [2.75, 3.05) is 13.1 Å². The highest BCUT2D eigenvalue weighted by molar-refractivity contribution is 5.95. The van der Waals surface area contributed by atoms with Gasteiger partial charge in [0.05, 0.1) is 33.6 Å². The average molecular weight is 435 g/mol. The summed E-state index contributed by atoms with van der Waals surface area (Å²) in [5.74, 6) is -0.475. The molecule has 1 aliphatic rings. The van der Waals surface area contributed by atoms with Gasteiger partial charge in [-0.25, -0.2) is 4.98 Å². The second-order valence-corrected chi connectivity index (χ2v) is 8.02. The van der Waals surface area contributed by atoms with E-state index in [1.165, 1.54) is 6.92 Å². The minimum absolute atomic E-state index is 0.112. The third-order valence-electron chi connectivity index (χ3n) is 5.70. The van der Waals surface area contributed by atoms with E-state index in [9.17, 15) is 18.0 Å². The fourth-order valence-electron chi connectivity index (χ4n) is 4.19. The Morgan fingerprint density at radius 3 is 2.77 bits per heavy atom. The van der Waals surface area contributed by atoms with E-state index in [4.69, 9.17) is 4.52 Å². The molecular weight excluding hydrogens is 411 g/mol. The molecule has 1 saturated heterocycles. The molecule has 0 unspecified atom stereocenters. The molecule has 7 nitrogen and oxygen atoms in total. The number of piperidine rings is 1. The van der Waals surface area contributed by atoms with E-state index in [2.05, 4.69) is 15.2 Å². The number of alkyl halides is 3. The van der Waals surface area contributed by atoms with E-state index in [0.717, 1.165) is 19.0 Å². The predicted octanol–water partition coefficient (Wildman–Crippen LogP) is 4.48. The molecule has 0 bridgehead atoms. The van der Waals surface area contributed by atoms with E-state index in [1.807, 2.05) is 6.92 Å². The largest absolute Gasteiger partial charge is 0.417 e. The standard InChI is InChI=1S/C21H24F3N5O2/c1-4-7-29-11-15(12(2)26-29)20(30)28-8-5-6-14(10-28)17-9-16(21(22,23)24)18-13(3)27-31-19(18)25-17/h9,11,14H,4-8,10H2,1-3H3/t14-/m1/s1. The van der Waals surface area contributed by atoms with Crippen LogP contribution in [0, 0.1) is 13.8 Å². The number of rotatable bonds is 4. The summed E-state index contributed by atoms with van der Waals surface area (Å²) in [6, 6.07) is 1.08. The van der Waals surface area contributed by atoms with Crippen LogP contribution in [0.15, 0.2) is 16.8 Å². The number of aryl methyl sites for hydroxylation is 3. The lowest BCUT2D eigenvalue weighted by Gasteiger charge is -2.32. The summed E-state index contributed by atoms with van der Waals surface area (Å²) in [4.78, 5) is 19.1. The fourth-order valence-corrected chi connectivity index (χ4v) is 4.19. The molecule has 0 aliphatic carbocycles. The number of fused-ring (bicyclic) bond motifs is 1. The first-order chi connectivity index (χ1) is 14.7. The number of aromatic nitrogens is 4. The summed E-state index contributed by atoms with van der Waals surface area (Å²) < 4.78 is 47.9. The minimum Gasteiger partial charge on any atom is -0.338 e. The van der Waals surface area contributed by atoms with Gasteiger partial charge in [-0.1, -0.05) is 12.1 Å². The molecule has 1 aliphatic heterocycles. The zero-order chi connectivity index (χ0) is 22.3. The van der Waals surface area contributed by atoms with Gasteiger partial charge in [0.2, 0.25) is 0 Å². The van der Waals surface area contributed by atoms with E-state index >= 15 is 0 Å². The number of hydrogen-bond acceptors (Lipinski definition) is 5. The Bertz CT molecular complexity index is 1120. The van der Waals surface area contributed by atoms with Crippen molar-refractivity contribution in [3.05, 3.63) is 40.5 Å². The molecule has 4 rings (SSSR count). The molecule has 1 atom stereocenters. The Balaban J connectivity index is 1.63. The molecule has 10 heteroatoms. The van der Waals surface area contributed by atoms with Crippen LogP contribution in [0.1, 0.15) is 65.1 Å². The number of pyridine rings is 1. The molecule has 0 aromatic carbocycles. The number of likely N-dealkylation sites (tertiary alicyclic amines) is 1. The summed E-state index contributed by atoms with van der Waals surface area (Å²) in [6.45, 7) is 6.84. The molecule has 1 fully saturated rings.